The molecule has 0 saturated carbocycles. The second-order valence-corrected chi connectivity index (χ2v) is 9.11. The van der Waals surface area contributed by atoms with Crippen LogP contribution in [-0.4, -0.2) is 34.0 Å². The number of anilines is 1. The predicted octanol–water partition coefficient (Wildman–Crippen LogP) is 5.15. The minimum Gasteiger partial charge on any atom is -0.454 e. The van der Waals surface area contributed by atoms with E-state index in [9.17, 15) is 4.79 Å². The molecule has 0 unspecified atom stereocenters. The Kier molecular flexibility index (Phi) is 5.27. The van der Waals surface area contributed by atoms with E-state index in [1.165, 1.54) is 11.3 Å². The Labute approximate surface area is 194 Å². The molecule has 1 aliphatic rings. The quantitative estimate of drug-likeness (QED) is 0.405. The summed E-state index contributed by atoms with van der Waals surface area (Å²) >= 11 is 7.77. The van der Waals surface area contributed by atoms with Crippen LogP contribution < -0.4 is 14.4 Å². The van der Waals surface area contributed by atoms with Crippen LogP contribution in [-0.2, 0) is 6.54 Å². The number of amides is 1. The highest BCUT2D eigenvalue weighted by atomic mass is 35.5. The van der Waals surface area contributed by atoms with E-state index in [4.69, 9.17) is 26.1 Å². The minimum atomic E-state index is -0.160. The van der Waals surface area contributed by atoms with Gasteiger partial charge in [-0.1, -0.05) is 22.9 Å². The number of carbonyl (C=O) groups is 1. The molecule has 1 amide bonds. The standard InChI is InChI=1S/C23H21ClN4O3S/c1-13-10-14(2)28(26-13)9-8-27(22(29)16-4-6-18-19(11-16)31-12-30-18)23-25-21-15(3)17(24)5-7-20(21)32-23/h4-7,10-11H,8-9,12H2,1-3H3. The van der Waals surface area contributed by atoms with Gasteiger partial charge in [-0.15, -0.1) is 0 Å². The molecule has 0 radical (unpaired) electrons. The molecule has 5 rings (SSSR count). The van der Waals surface area contributed by atoms with Gasteiger partial charge in [0.05, 0.1) is 22.5 Å². The SMILES string of the molecule is Cc1cc(C)n(CCN(C(=O)c2ccc3c(c2)OCO3)c2nc3c(C)c(Cl)ccc3s2)n1. The molecule has 4 aromatic rings. The first-order valence-corrected chi connectivity index (χ1v) is 11.4. The highest BCUT2D eigenvalue weighted by Gasteiger charge is 2.24. The van der Waals surface area contributed by atoms with E-state index in [1.54, 1.807) is 23.1 Å². The van der Waals surface area contributed by atoms with Gasteiger partial charge in [0, 0.05) is 22.8 Å². The number of carbonyl (C=O) groups excluding carboxylic acids is 1. The van der Waals surface area contributed by atoms with Crippen LogP contribution in [0.2, 0.25) is 5.02 Å². The molecule has 0 saturated heterocycles. The van der Waals surface area contributed by atoms with Gasteiger partial charge in [0.25, 0.3) is 5.91 Å². The fourth-order valence-corrected chi connectivity index (χ4v) is 4.97. The van der Waals surface area contributed by atoms with E-state index in [0.29, 0.717) is 40.3 Å². The first-order chi connectivity index (χ1) is 15.4. The van der Waals surface area contributed by atoms with Crippen molar-refractivity contribution in [1.29, 1.82) is 0 Å². The van der Waals surface area contributed by atoms with Crippen LogP contribution in [0.4, 0.5) is 5.13 Å². The Balaban J connectivity index is 1.53. The average Bonchev–Trinajstić information content (AvgIpc) is 3.49. The average molecular weight is 469 g/mol. The summed E-state index contributed by atoms with van der Waals surface area (Å²) in [7, 11) is 0. The van der Waals surface area contributed by atoms with Crippen molar-refractivity contribution >= 4 is 44.2 Å². The van der Waals surface area contributed by atoms with Crippen LogP contribution >= 0.6 is 22.9 Å². The number of thiazole rings is 1. The van der Waals surface area contributed by atoms with Crippen molar-refractivity contribution in [3.8, 4) is 11.5 Å². The number of aryl methyl sites for hydroxylation is 3. The lowest BCUT2D eigenvalue weighted by Crippen LogP contribution is -2.34. The van der Waals surface area contributed by atoms with E-state index >= 15 is 0 Å². The van der Waals surface area contributed by atoms with Crippen LogP contribution in [0.15, 0.2) is 36.4 Å². The molecular formula is C23H21ClN4O3S. The molecule has 164 valence electrons. The number of halogens is 1. The number of ether oxygens (including phenoxy) is 2. The number of aromatic nitrogens is 3. The topological polar surface area (TPSA) is 69.5 Å². The smallest absolute Gasteiger partial charge is 0.260 e. The summed E-state index contributed by atoms with van der Waals surface area (Å²) in [6, 6.07) is 11.1. The first-order valence-electron chi connectivity index (χ1n) is 10.2. The van der Waals surface area contributed by atoms with E-state index in [-0.39, 0.29) is 12.7 Å². The zero-order valence-electron chi connectivity index (χ0n) is 17.9. The van der Waals surface area contributed by atoms with E-state index in [1.807, 2.05) is 43.7 Å². The Hall–Kier alpha value is -3.10. The molecule has 9 heteroatoms. The van der Waals surface area contributed by atoms with E-state index in [2.05, 4.69) is 5.10 Å². The van der Waals surface area contributed by atoms with Crippen molar-refractivity contribution in [2.75, 3.05) is 18.2 Å². The Bertz CT molecular complexity index is 1350. The van der Waals surface area contributed by atoms with Crippen molar-refractivity contribution in [3.63, 3.8) is 0 Å². The van der Waals surface area contributed by atoms with Gasteiger partial charge in [-0.2, -0.15) is 5.10 Å². The number of hydrogen-bond acceptors (Lipinski definition) is 6. The number of nitrogens with zero attached hydrogens (tertiary/aromatic N) is 4. The van der Waals surface area contributed by atoms with Gasteiger partial charge < -0.3 is 9.47 Å². The molecule has 0 bridgehead atoms. The second-order valence-electron chi connectivity index (χ2n) is 7.69. The summed E-state index contributed by atoms with van der Waals surface area (Å²) < 4.78 is 13.7. The summed E-state index contributed by atoms with van der Waals surface area (Å²) in [6.45, 7) is 7.03. The van der Waals surface area contributed by atoms with Crippen molar-refractivity contribution in [1.82, 2.24) is 14.8 Å². The fourth-order valence-electron chi connectivity index (χ4n) is 3.77. The summed E-state index contributed by atoms with van der Waals surface area (Å²) in [5.41, 5.74) is 4.22. The van der Waals surface area contributed by atoms with Gasteiger partial charge in [-0.05, 0) is 62.7 Å². The van der Waals surface area contributed by atoms with Gasteiger partial charge in [0.2, 0.25) is 6.79 Å². The van der Waals surface area contributed by atoms with Gasteiger partial charge in [-0.25, -0.2) is 4.98 Å². The lowest BCUT2D eigenvalue weighted by molar-refractivity contribution is 0.0985. The highest BCUT2D eigenvalue weighted by Crippen LogP contribution is 2.36. The molecule has 0 fully saturated rings. The molecule has 2 aromatic heterocycles. The second kappa shape index (κ2) is 8.11. The van der Waals surface area contributed by atoms with Gasteiger partial charge in [0.1, 0.15) is 0 Å². The third kappa shape index (κ3) is 3.69. The Morgan fingerprint density at radius 1 is 1.16 bits per heavy atom. The molecule has 3 heterocycles. The lowest BCUT2D eigenvalue weighted by atomic mass is 10.2. The maximum atomic E-state index is 13.6. The Morgan fingerprint density at radius 3 is 2.75 bits per heavy atom. The molecule has 32 heavy (non-hydrogen) atoms. The van der Waals surface area contributed by atoms with Crippen LogP contribution in [0.5, 0.6) is 11.5 Å². The molecule has 1 aliphatic heterocycles. The maximum absolute atomic E-state index is 13.6. The number of fused-ring (bicyclic) bond motifs is 2. The van der Waals surface area contributed by atoms with Crippen LogP contribution in [0.3, 0.4) is 0 Å². The molecule has 0 N–H and O–H groups in total. The predicted molar refractivity (Wildman–Crippen MR) is 125 cm³/mol. The van der Waals surface area contributed by atoms with Crippen LogP contribution in [0.1, 0.15) is 27.3 Å². The first kappa shape index (κ1) is 20.8. The van der Waals surface area contributed by atoms with Gasteiger partial charge >= 0.3 is 0 Å². The Morgan fingerprint density at radius 2 is 1.97 bits per heavy atom. The molecule has 7 nitrogen and oxygen atoms in total. The summed E-state index contributed by atoms with van der Waals surface area (Å²) in [6.07, 6.45) is 0. The molecule has 0 spiro atoms. The molecule has 0 atom stereocenters. The minimum absolute atomic E-state index is 0.159. The highest BCUT2D eigenvalue weighted by molar-refractivity contribution is 7.22. The van der Waals surface area contributed by atoms with Crippen molar-refractivity contribution in [2.45, 2.75) is 27.3 Å². The van der Waals surface area contributed by atoms with E-state index in [0.717, 1.165) is 27.2 Å². The zero-order valence-corrected chi connectivity index (χ0v) is 19.5. The van der Waals surface area contributed by atoms with Crippen LogP contribution in [0.25, 0.3) is 10.2 Å². The summed E-state index contributed by atoms with van der Waals surface area (Å²) in [4.78, 5) is 20.1. The maximum Gasteiger partial charge on any atom is 0.260 e. The van der Waals surface area contributed by atoms with E-state index < -0.39 is 0 Å². The fraction of sp³-hybridized carbons (Fsp3) is 0.261. The van der Waals surface area contributed by atoms with Crippen molar-refractivity contribution < 1.29 is 14.3 Å². The lowest BCUT2D eigenvalue weighted by Gasteiger charge is -2.20. The molecular weight excluding hydrogens is 448 g/mol. The molecule has 0 aliphatic carbocycles. The van der Waals surface area contributed by atoms with Gasteiger partial charge in [-0.3, -0.25) is 14.4 Å². The third-order valence-electron chi connectivity index (χ3n) is 5.47. The normalized spacial score (nSPS) is 12.5. The van der Waals surface area contributed by atoms with Crippen molar-refractivity contribution in [2.24, 2.45) is 0 Å². The third-order valence-corrected chi connectivity index (χ3v) is 6.92. The van der Waals surface area contributed by atoms with Crippen LogP contribution in [0, 0.1) is 20.8 Å². The zero-order chi connectivity index (χ0) is 22.4. The molecule has 2 aromatic carbocycles. The number of hydrogen-bond donors (Lipinski definition) is 0. The summed E-state index contributed by atoms with van der Waals surface area (Å²) in [5.74, 6) is 1.05. The largest absolute Gasteiger partial charge is 0.454 e. The van der Waals surface area contributed by atoms with Crippen molar-refractivity contribution in [3.05, 3.63) is 63.9 Å². The number of rotatable bonds is 5. The number of benzene rings is 2. The van der Waals surface area contributed by atoms with Gasteiger partial charge in [0.15, 0.2) is 16.6 Å². The summed E-state index contributed by atoms with van der Waals surface area (Å²) in [5, 5.41) is 5.81. The monoisotopic (exact) mass is 468 g/mol.